The van der Waals surface area contributed by atoms with Gasteiger partial charge in [0.1, 0.15) is 6.04 Å². The highest BCUT2D eigenvalue weighted by Gasteiger charge is 2.47. The predicted molar refractivity (Wildman–Crippen MR) is 98.6 cm³/mol. The maximum Gasteiger partial charge on any atom is 0.408 e. The van der Waals surface area contributed by atoms with Crippen molar-refractivity contribution < 1.29 is 22.3 Å². The molecular weight excluding hydrogens is 392 g/mol. The Bertz CT molecular complexity index is 926. The van der Waals surface area contributed by atoms with Crippen molar-refractivity contribution in [2.24, 2.45) is 0 Å². The molecule has 6 nitrogen and oxygen atoms in total. The van der Waals surface area contributed by atoms with E-state index in [1.54, 1.807) is 35.2 Å². The summed E-state index contributed by atoms with van der Waals surface area (Å²) in [6, 6.07) is 6.83. The van der Waals surface area contributed by atoms with Crippen molar-refractivity contribution in [2.45, 2.75) is 31.7 Å². The summed E-state index contributed by atoms with van der Waals surface area (Å²) in [6.07, 6.45) is -4.85. The van der Waals surface area contributed by atoms with Crippen molar-refractivity contribution in [3.05, 3.63) is 52.1 Å². The van der Waals surface area contributed by atoms with Crippen molar-refractivity contribution in [3.8, 4) is 0 Å². The van der Waals surface area contributed by atoms with Gasteiger partial charge in [0.15, 0.2) is 5.82 Å². The lowest BCUT2D eigenvalue weighted by atomic mass is 10.1. The normalized spacial score (nSPS) is 19.9. The molecule has 10 heteroatoms. The van der Waals surface area contributed by atoms with Crippen molar-refractivity contribution >= 4 is 11.8 Å². The molecule has 156 valence electrons. The molecule has 1 aromatic heterocycles. The van der Waals surface area contributed by atoms with Crippen molar-refractivity contribution in [2.75, 3.05) is 36.1 Å². The molecule has 1 atom stereocenters. The molecule has 0 N–H and O–H groups in total. The van der Waals surface area contributed by atoms with Crippen LogP contribution >= 0.6 is 0 Å². The van der Waals surface area contributed by atoms with Gasteiger partial charge >= 0.3 is 6.18 Å². The van der Waals surface area contributed by atoms with Crippen LogP contribution < -0.4 is 15.4 Å². The molecule has 1 aromatic carbocycles. The van der Waals surface area contributed by atoms with Gasteiger partial charge in [0.2, 0.25) is 11.8 Å². The van der Waals surface area contributed by atoms with E-state index in [4.69, 9.17) is 4.74 Å². The van der Waals surface area contributed by atoms with Gasteiger partial charge in [-0.1, -0.05) is 30.3 Å². The van der Waals surface area contributed by atoms with Crippen molar-refractivity contribution in [3.63, 3.8) is 0 Å². The Morgan fingerprint density at radius 2 is 1.79 bits per heavy atom. The number of hydrogen-bond donors (Lipinski definition) is 0. The monoisotopic (exact) mass is 412 g/mol. The summed E-state index contributed by atoms with van der Waals surface area (Å²) in [7, 11) is 0. The van der Waals surface area contributed by atoms with Crippen LogP contribution in [0.2, 0.25) is 0 Å². The number of hydrogen-bond acceptors (Lipinski definition) is 5. The Hall–Kier alpha value is -2.62. The molecule has 0 amide bonds. The highest BCUT2D eigenvalue weighted by molar-refractivity contribution is 5.48. The van der Waals surface area contributed by atoms with E-state index in [-0.39, 0.29) is 31.3 Å². The molecule has 2 aliphatic rings. The smallest absolute Gasteiger partial charge is 0.378 e. The summed E-state index contributed by atoms with van der Waals surface area (Å²) < 4.78 is 62.3. The maximum atomic E-state index is 14.7. The van der Waals surface area contributed by atoms with Gasteiger partial charge in [-0.2, -0.15) is 22.5 Å². The van der Waals surface area contributed by atoms with Crippen molar-refractivity contribution in [1.29, 1.82) is 0 Å². The number of nitrogens with zero attached hydrogens (tertiary/aromatic N) is 4. The molecule has 1 fully saturated rings. The van der Waals surface area contributed by atoms with Crippen molar-refractivity contribution in [1.82, 2.24) is 9.55 Å². The van der Waals surface area contributed by atoms with E-state index >= 15 is 0 Å². The molecule has 0 saturated carbocycles. The lowest BCUT2D eigenvalue weighted by Gasteiger charge is -2.39. The minimum Gasteiger partial charge on any atom is -0.378 e. The van der Waals surface area contributed by atoms with Gasteiger partial charge in [0, 0.05) is 26.2 Å². The molecule has 29 heavy (non-hydrogen) atoms. The number of rotatable bonds is 3. The number of anilines is 2. The van der Waals surface area contributed by atoms with Crippen LogP contribution in [0.4, 0.5) is 29.3 Å². The Labute approximate surface area is 164 Å². The minimum absolute atomic E-state index is 0.0916. The van der Waals surface area contributed by atoms with E-state index < -0.39 is 23.6 Å². The van der Waals surface area contributed by atoms with E-state index in [9.17, 15) is 22.4 Å². The van der Waals surface area contributed by atoms with Crippen LogP contribution in [0.5, 0.6) is 0 Å². The fraction of sp³-hybridized carbons (Fsp3) is 0.474. The topological polar surface area (TPSA) is 50.6 Å². The zero-order valence-corrected chi connectivity index (χ0v) is 15.5. The van der Waals surface area contributed by atoms with Crippen LogP contribution in [-0.4, -0.2) is 48.1 Å². The lowest BCUT2D eigenvalue weighted by molar-refractivity contribution is -0.153. The van der Waals surface area contributed by atoms with E-state index in [0.717, 1.165) is 9.47 Å². The first-order valence-corrected chi connectivity index (χ1v) is 9.36. The van der Waals surface area contributed by atoms with Crippen LogP contribution in [0.1, 0.15) is 12.0 Å². The standard InChI is InChI=1S/C19H20F4N4O2/c20-15-16(25-8-10-29-11-9-25)24-18-26(17(15)28)7-6-14(19(21,22)23)27(18)12-13-4-2-1-3-5-13/h1-5,14H,6-12H2/t14-/m0/s1. The first kappa shape index (κ1) is 19.7. The fourth-order valence-electron chi connectivity index (χ4n) is 3.76. The second-order valence-corrected chi connectivity index (χ2v) is 7.07. The first-order chi connectivity index (χ1) is 13.9. The minimum atomic E-state index is -4.51. The molecule has 2 aromatic rings. The first-order valence-electron chi connectivity index (χ1n) is 9.36. The van der Waals surface area contributed by atoms with Crippen LogP contribution in [0.3, 0.4) is 0 Å². The lowest BCUT2D eigenvalue weighted by Crippen LogP contribution is -2.52. The van der Waals surface area contributed by atoms with Gasteiger partial charge in [-0.15, -0.1) is 0 Å². The molecule has 0 unspecified atom stereocenters. The zero-order valence-electron chi connectivity index (χ0n) is 15.5. The molecular formula is C19H20F4N4O2. The third kappa shape index (κ3) is 3.81. The molecule has 3 heterocycles. The Balaban J connectivity index is 1.81. The van der Waals surface area contributed by atoms with Gasteiger partial charge in [0.05, 0.1) is 13.2 Å². The molecule has 0 aliphatic carbocycles. The van der Waals surface area contributed by atoms with Gasteiger partial charge in [-0.25, -0.2) is 0 Å². The maximum absolute atomic E-state index is 14.7. The van der Waals surface area contributed by atoms with Gasteiger partial charge in [0.25, 0.3) is 5.56 Å². The SMILES string of the molecule is O=c1c(F)c(N2CCOCC2)nc2n1CC[C@@H](C(F)(F)F)N2Cc1ccccc1. The average molecular weight is 412 g/mol. The molecule has 0 bridgehead atoms. The third-order valence-electron chi connectivity index (χ3n) is 5.22. The predicted octanol–water partition coefficient (Wildman–Crippen LogP) is 2.56. The Kier molecular flexibility index (Phi) is 5.20. The summed E-state index contributed by atoms with van der Waals surface area (Å²) in [6.45, 7) is 0.960. The number of morpholine rings is 1. The average Bonchev–Trinajstić information content (AvgIpc) is 2.71. The molecule has 4 rings (SSSR count). The number of alkyl halides is 3. The summed E-state index contributed by atoms with van der Waals surface area (Å²) >= 11 is 0. The number of benzene rings is 1. The second kappa shape index (κ2) is 7.66. The largest absolute Gasteiger partial charge is 0.408 e. The van der Waals surface area contributed by atoms with E-state index in [1.807, 2.05) is 0 Å². The van der Waals surface area contributed by atoms with E-state index in [2.05, 4.69) is 4.98 Å². The summed E-state index contributed by atoms with van der Waals surface area (Å²) in [5.74, 6) is -1.42. The number of aromatic nitrogens is 2. The van der Waals surface area contributed by atoms with Gasteiger partial charge in [-0.3, -0.25) is 9.36 Å². The van der Waals surface area contributed by atoms with Crippen LogP contribution in [0, 0.1) is 5.82 Å². The highest BCUT2D eigenvalue weighted by atomic mass is 19.4. The van der Waals surface area contributed by atoms with Crippen LogP contribution in [-0.2, 0) is 17.8 Å². The summed E-state index contributed by atoms with van der Waals surface area (Å²) in [4.78, 5) is 19.4. The molecule has 0 radical (unpaired) electrons. The third-order valence-corrected chi connectivity index (χ3v) is 5.22. The van der Waals surface area contributed by atoms with Crippen LogP contribution in [0.25, 0.3) is 0 Å². The number of fused-ring (bicyclic) bond motifs is 1. The summed E-state index contributed by atoms with van der Waals surface area (Å²) in [5.41, 5.74) is -0.308. The second-order valence-electron chi connectivity index (χ2n) is 7.07. The van der Waals surface area contributed by atoms with E-state index in [0.29, 0.717) is 31.9 Å². The van der Waals surface area contributed by atoms with Gasteiger partial charge in [-0.05, 0) is 12.0 Å². The number of ether oxygens (including phenoxy) is 1. The number of halogens is 4. The quantitative estimate of drug-likeness (QED) is 0.726. The van der Waals surface area contributed by atoms with E-state index in [1.165, 1.54) is 0 Å². The Morgan fingerprint density at radius 1 is 1.10 bits per heavy atom. The van der Waals surface area contributed by atoms with Gasteiger partial charge < -0.3 is 14.5 Å². The fourth-order valence-corrected chi connectivity index (χ4v) is 3.76. The summed E-state index contributed by atoms with van der Waals surface area (Å²) in [5, 5.41) is 0. The zero-order chi connectivity index (χ0) is 20.6. The highest BCUT2D eigenvalue weighted by Crippen LogP contribution is 2.35. The molecule has 1 saturated heterocycles. The molecule has 2 aliphatic heterocycles. The van der Waals surface area contributed by atoms with Crippen LogP contribution in [0.15, 0.2) is 35.1 Å². The molecule has 0 spiro atoms. The Morgan fingerprint density at radius 3 is 2.45 bits per heavy atom.